The molecule has 0 saturated carbocycles. The molecule has 0 fully saturated rings. The third-order valence-electron chi connectivity index (χ3n) is 5.88. The Bertz CT molecular complexity index is 1130. The van der Waals surface area contributed by atoms with E-state index in [2.05, 4.69) is 5.32 Å². The van der Waals surface area contributed by atoms with Crippen molar-refractivity contribution in [3.63, 3.8) is 0 Å². The van der Waals surface area contributed by atoms with Gasteiger partial charge < -0.3 is 15.0 Å². The van der Waals surface area contributed by atoms with Gasteiger partial charge in [0, 0.05) is 13.1 Å². The Hall–Kier alpha value is -3.07. The Balaban J connectivity index is 2.47. The molecule has 0 spiro atoms. The van der Waals surface area contributed by atoms with Crippen molar-refractivity contribution >= 4 is 27.5 Å². The molecule has 36 heavy (non-hydrogen) atoms. The molecule has 2 aromatic carbocycles. The molecule has 198 valence electrons. The molecule has 8 nitrogen and oxygen atoms in total. The van der Waals surface area contributed by atoms with Gasteiger partial charge in [-0.1, -0.05) is 58.0 Å². The van der Waals surface area contributed by atoms with Gasteiger partial charge in [0.05, 0.1) is 19.1 Å². The fraction of sp³-hybridized carbons (Fsp3) is 0.481. The van der Waals surface area contributed by atoms with Crippen molar-refractivity contribution in [3.05, 3.63) is 59.7 Å². The summed E-state index contributed by atoms with van der Waals surface area (Å²) < 4.78 is 32.1. The second-order valence-corrected chi connectivity index (χ2v) is 11.1. The second kappa shape index (κ2) is 13.3. The van der Waals surface area contributed by atoms with Crippen LogP contribution in [0.3, 0.4) is 0 Å². The second-order valence-electron chi connectivity index (χ2n) is 9.19. The summed E-state index contributed by atoms with van der Waals surface area (Å²) in [6.45, 7) is 7.97. The number of nitrogens with zero attached hydrogens (tertiary/aromatic N) is 2. The summed E-state index contributed by atoms with van der Waals surface area (Å²) in [5.41, 5.74) is 2.06. The molecule has 0 bridgehead atoms. The number of ether oxygens (including phenoxy) is 1. The van der Waals surface area contributed by atoms with Crippen LogP contribution >= 0.6 is 0 Å². The van der Waals surface area contributed by atoms with Crippen molar-refractivity contribution in [1.29, 1.82) is 0 Å². The van der Waals surface area contributed by atoms with E-state index in [1.54, 1.807) is 31.4 Å². The van der Waals surface area contributed by atoms with Gasteiger partial charge in [-0.3, -0.25) is 13.9 Å². The number of benzene rings is 2. The quantitative estimate of drug-likeness (QED) is 0.438. The number of nitrogens with one attached hydrogen (secondary N) is 1. The van der Waals surface area contributed by atoms with Crippen molar-refractivity contribution in [2.24, 2.45) is 5.92 Å². The molecule has 1 unspecified atom stereocenters. The van der Waals surface area contributed by atoms with Gasteiger partial charge >= 0.3 is 0 Å². The first-order chi connectivity index (χ1) is 17.0. The SMILES string of the molecule is CCc1ccccc1N(CC(=O)N(Cc1cccc(OC)c1)C(CC)C(=O)NCC(C)C)S(C)(=O)=O. The van der Waals surface area contributed by atoms with Gasteiger partial charge in [-0.05, 0) is 48.1 Å². The summed E-state index contributed by atoms with van der Waals surface area (Å²) >= 11 is 0. The minimum atomic E-state index is -3.77. The van der Waals surface area contributed by atoms with Gasteiger partial charge in [0.25, 0.3) is 0 Å². The standard InChI is InChI=1S/C27H39N3O5S/c1-7-22-13-9-10-15-25(22)30(36(6,33)34)19-26(31)29(18-21-12-11-14-23(16-21)35-5)24(8-2)27(32)28-17-20(3)4/h9-16,20,24H,7-8,17-19H2,1-6H3,(H,28,32). The molecular weight excluding hydrogens is 478 g/mol. The Labute approximate surface area is 215 Å². The number of hydrogen-bond acceptors (Lipinski definition) is 5. The molecule has 2 amide bonds. The van der Waals surface area contributed by atoms with Gasteiger partial charge in [-0.2, -0.15) is 0 Å². The number of aryl methyl sites for hydroxylation is 1. The van der Waals surface area contributed by atoms with E-state index in [0.29, 0.717) is 30.8 Å². The highest BCUT2D eigenvalue weighted by Crippen LogP contribution is 2.24. The number of anilines is 1. The molecule has 1 N–H and O–H groups in total. The molecule has 0 aliphatic carbocycles. The van der Waals surface area contributed by atoms with Crippen LogP contribution in [-0.2, 0) is 32.6 Å². The molecular formula is C27H39N3O5S. The Morgan fingerprint density at radius 1 is 1.06 bits per heavy atom. The minimum absolute atomic E-state index is 0.136. The normalized spacial score (nSPS) is 12.2. The highest BCUT2D eigenvalue weighted by molar-refractivity contribution is 7.92. The number of rotatable bonds is 13. The number of para-hydroxylation sites is 1. The molecule has 2 rings (SSSR count). The van der Waals surface area contributed by atoms with Gasteiger partial charge in [0.1, 0.15) is 18.3 Å². The average Bonchev–Trinajstić information content (AvgIpc) is 2.85. The fourth-order valence-electron chi connectivity index (χ4n) is 3.96. The summed E-state index contributed by atoms with van der Waals surface area (Å²) in [5, 5.41) is 2.92. The molecule has 0 aliphatic rings. The summed E-state index contributed by atoms with van der Waals surface area (Å²) in [6.07, 6.45) is 2.08. The van der Waals surface area contributed by atoms with Crippen molar-refractivity contribution in [1.82, 2.24) is 10.2 Å². The van der Waals surface area contributed by atoms with Crippen molar-refractivity contribution in [2.45, 2.75) is 53.1 Å². The van der Waals surface area contributed by atoms with E-state index >= 15 is 0 Å². The molecule has 0 aliphatic heterocycles. The van der Waals surface area contributed by atoms with E-state index in [1.807, 2.05) is 52.0 Å². The van der Waals surface area contributed by atoms with E-state index < -0.39 is 28.5 Å². The first kappa shape index (κ1) is 29.2. The van der Waals surface area contributed by atoms with Crippen LogP contribution in [0.4, 0.5) is 5.69 Å². The molecule has 9 heteroatoms. The number of carbonyl (C=O) groups excluding carboxylic acids is 2. The smallest absolute Gasteiger partial charge is 0.244 e. The lowest BCUT2D eigenvalue weighted by molar-refractivity contribution is -0.140. The first-order valence-electron chi connectivity index (χ1n) is 12.3. The van der Waals surface area contributed by atoms with Crippen molar-refractivity contribution in [2.75, 3.05) is 30.8 Å². The van der Waals surface area contributed by atoms with E-state index in [0.717, 1.165) is 21.7 Å². The highest BCUT2D eigenvalue weighted by Gasteiger charge is 2.32. The predicted octanol–water partition coefficient (Wildman–Crippen LogP) is 3.60. The first-order valence-corrected chi connectivity index (χ1v) is 14.1. The van der Waals surface area contributed by atoms with E-state index in [4.69, 9.17) is 4.74 Å². The highest BCUT2D eigenvalue weighted by atomic mass is 32.2. The van der Waals surface area contributed by atoms with Crippen LogP contribution in [0.1, 0.15) is 45.2 Å². The molecule has 0 heterocycles. The summed E-state index contributed by atoms with van der Waals surface area (Å²) in [4.78, 5) is 28.4. The van der Waals surface area contributed by atoms with Crippen LogP contribution in [0.5, 0.6) is 5.75 Å². The maximum Gasteiger partial charge on any atom is 0.244 e. The summed E-state index contributed by atoms with van der Waals surface area (Å²) in [6, 6.07) is 13.6. The number of hydrogen-bond donors (Lipinski definition) is 1. The van der Waals surface area contributed by atoms with Crippen molar-refractivity contribution < 1.29 is 22.7 Å². The van der Waals surface area contributed by atoms with Gasteiger partial charge in [-0.15, -0.1) is 0 Å². The molecule has 1 atom stereocenters. The molecule has 0 saturated heterocycles. The maximum absolute atomic E-state index is 13.8. The van der Waals surface area contributed by atoms with Crippen LogP contribution in [0.25, 0.3) is 0 Å². The lowest BCUT2D eigenvalue weighted by Crippen LogP contribution is -2.52. The lowest BCUT2D eigenvalue weighted by Gasteiger charge is -2.33. The van der Waals surface area contributed by atoms with Crippen LogP contribution in [0, 0.1) is 5.92 Å². The van der Waals surface area contributed by atoms with Gasteiger partial charge in [-0.25, -0.2) is 8.42 Å². The monoisotopic (exact) mass is 517 g/mol. The van der Waals surface area contributed by atoms with Crippen LogP contribution in [-0.4, -0.2) is 57.6 Å². The molecule has 0 aromatic heterocycles. The zero-order valence-electron chi connectivity index (χ0n) is 22.2. The van der Waals surface area contributed by atoms with E-state index in [-0.39, 0.29) is 18.4 Å². The fourth-order valence-corrected chi connectivity index (χ4v) is 4.84. The zero-order valence-corrected chi connectivity index (χ0v) is 23.0. The van der Waals surface area contributed by atoms with Crippen LogP contribution in [0.15, 0.2) is 48.5 Å². The van der Waals surface area contributed by atoms with Gasteiger partial charge in [0.15, 0.2) is 0 Å². The van der Waals surface area contributed by atoms with E-state index in [9.17, 15) is 18.0 Å². The number of methoxy groups -OCH3 is 1. The predicted molar refractivity (Wildman–Crippen MR) is 143 cm³/mol. The van der Waals surface area contributed by atoms with Gasteiger partial charge in [0.2, 0.25) is 21.8 Å². The summed E-state index contributed by atoms with van der Waals surface area (Å²) in [7, 11) is -2.21. The Kier molecular flexibility index (Phi) is 10.8. The topological polar surface area (TPSA) is 96.0 Å². The average molecular weight is 518 g/mol. The third-order valence-corrected chi connectivity index (χ3v) is 7.00. The maximum atomic E-state index is 13.8. The number of carbonyl (C=O) groups is 2. The third kappa shape index (κ3) is 7.98. The zero-order chi connectivity index (χ0) is 26.9. The number of sulfonamides is 1. The minimum Gasteiger partial charge on any atom is -0.497 e. The Morgan fingerprint density at radius 2 is 1.75 bits per heavy atom. The number of amides is 2. The summed E-state index contributed by atoms with van der Waals surface area (Å²) in [5.74, 6) is 0.162. The Morgan fingerprint density at radius 3 is 2.33 bits per heavy atom. The van der Waals surface area contributed by atoms with Crippen LogP contribution < -0.4 is 14.4 Å². The molecule has 0 radical (unpaired) electrons. The van der Waals surface area contributed by atoms with Crippen LogP contribution in [0.2, 0.25) is 0 Å². The van der Waals surface area contributed by atoms with E-state index in [1.165, 1.54) is 4.90 Å². The van der Waals surface area contributed by atoms with Crippen molar-refractivity contribution in [3.8, 4) is 5.75 Å². The lowest BCUT2D eigenvalue weighted by atomic mass is 10.1. The molecule has 2 aromatic rings. The largest absolute Gasteiger partial charge is 0.497 e.